The summed E-state index contributed by atoms with van der Waals surface area (Å²) in [5, 5.41) is 3.30. The number of rotatable bonds is 8. The molecule has 0 aromatic rings. The molecule has 0 aromatic carbocycles. The molecule has 2 heterocycles. The van der Waals surface area contributed by atoms with Crippen LogP contribution in [0.15, 0.2) is 0 Å². The molecule has 0 radical (unpaired) electrons. The molecule has 120 valence electrons. The lowest BCUT2D eigenvalue weighted by atomic mass is 10.2. The van der Waals surface area contributed by atoms with Crippen molar-refractivity contribution in [2.45, 2.75) is 50.7 Å². The van der Waals surface area contributed by atoms with Gasteiger partial charge in [-0.25, -0.2) is 0 Å². The van der Waals surface area contributed by atoms with Crippen LogP contribution in [-0.2, 0) is 14.3 Å². The normalized spacial score (nSPS) is 29.0. The maximum Gasteiger partial charge on any atom is 0.236 e. The van der Waals surface area contributed by atoms with Crippen molar-refractivity contribution in [1.82, 2.24) is 10.2 Å². The van der Waals surface area contributed by atoms with Gasteiger partial charge in [-0.05, 0) is 51.0 Å². The summed E-state index contributed by atoms with van der Waals surface area (Å²) >= 11 is 0. The van der Waals surface area contributed by atoms with Crippen LogP contribution in [-0.4, -0.2) is 62.4 Å². The number of nitrogens with zero attached hydrogens (tertiary/aromatic N) is 1. The highest BCUT2D eigenvalue weighted by Crippen LogP contribution is 2.27. The molecule has 1 saturated carbocycles. The van der Waals surface area contributed by atoms with Crippen LogP contribution in [0.25, 0.3) is 0 Å². The van der Waals surface area contributed by atoms with Gasteiger partial charge in [0.2, 0.25) is 5.91 Å². The molecular formula is C16H28N2O3. The number of ether oxygens (including phenoxy) is 2. The third kappa shape index (κ3) is 4.94. The lowest BCUT2D eigenvalue weighted by molar-refractivity contribution is -0.133. The number of carbonyl (C=O) groups is 1. The third-order valence-electron chi connectivity index (χ3n) is 4.65. The fourth-order valence-electron chi connectivity index (χ4n) is 3.16. The SMILES string of the molecule is O=C(CNCC1CC1)N(CC1CCCO1)CC1CCCO1. The van der Waals surface area contributed by atoms with E-state index in [1.165, 1.54) is 12.8 Å². The largest absolute Gasteiger partial charge is 0.376 e. The van der Waals surface area contributed by atoms with E-state index in [0.29, 0.717) is 6.54 Å². The van der Waals surface area contributed by atoms with Crippen molar-refractivity contribution in [3.8, 4) is 0 Å². The fourth-order valence-corrected chi connectivity index (χ4v) is 3.16. The predicted molar refractivity (Wildman–Crippen MR) is 80.1 cm³/mol. The molecule has 21 heavy (non-hydrogen) atoms. The van der Waals surface area contributed by atoms with Gasteiger partial charge in [-0.3, -0.25) is 4.79 Å². The lowest BCUT2D eigenvalue weighted by Gasteiger charge is -2.28. The number of nitrogens with one attached hydrogen (secondary N) is 1. The van der Waals surface area contributed by atoms with Gasteiger partial charge >= 0.3 is 0 Å². The molecule has 0 bridgehead atoms. The summed E-state index contributed by atoms with van der Waals surface area (Å²) in [6.07, 6.45) is 7.46. The van der Waals surface area contributed by atoms with Gasteiger partial charge in [0.1, 0.15) is 0 Å². The summed E-state index contributed by atoms with van der Waals surface area (Å²) in [7, 11) is 0. The minimum absolute atomic E-state index is 0.196. The zero-order valence-electron chi connectivity index (χ0n) is 12.9. The molecule has 3 fully saturated rings. The Labute approximate surface area is 127 Å². The number of hydrogen-bond acceptors (Lipinski definition) is 4. The van der Waals surface area contributed by atoms with Crippen molar-refractivity contribution in [3.63, 3.8) is 0 Å². The lowest BCUT2D eigenvalue weighted by Crippen LogP contribution is -2.45. The van der Waals surface area contributed by atoms with Crippen LogP contribution in [0.2, 0.25) is 0 Å². The number of carbonyl (C=O) groups excluding carboxylic acids is 1. The van der Waals surface area contributed by atoms with E-state index >= 15 is 0 Å². The first-order valence-corrected chi connectivity index (χ1v) is 8.53. The summed E-state index contributed by atoms with van der Waals surface area (Å²) < 4.78 is 11.4. The minimum atomic E-state index is 0.196. The van der Waals surface area contributed by atoms with Crippen LogP contribution < -0.4 is 5.32 Å². The number of amides is 1. The van der Waals surface area contributed by atoms with E-state index in [4.69, 9.17) is 9.47 Å². The molecule has 3 aliphatic rings. The van der Waals surface area contributed by atoms with Crippen molar-refractivity contribution >= 4 is 5.91 Å². The Balaban J connectivity index is 1.46. The highest BCUT2D eigenvalue weighted by molar-refractivity contribution is 5.78. The highest BCUT2D eigenvalue weighted by atomic mass is 16.5. The molecule has 1 N–H and O–H groups in total. The monoisotopic (exact) mass is 296 g/mol. The first-order valence-electron chi connectivity index (χ1n) is 8.53. The minimum Gasteiger partial charge on any atom is -0.376 e. The molecular weight excluding hydrogens is 268 g/mol. The Kier molecular flexibility index (Phi) is 5.49. The van der Waals surface area contributed by atoms with E-state index in [1.807, 2.05) is 4.90 Å². The highest BCUT2D eigenvalue weighted by Gasteiger charge is 2.27. The molecule has 0 spiro atoms. The Morgan fingerprint density at radius 2 is 1.62 bits per heavy atom. The van der Waals surface area contributed by atoms with Gasteiger partial charge in [0, 0.05) is 26.3 Å². The maximum atomic E-state index is 12.5. The zero-order chi connectivity index (χ0) is 14.5. The van der Waals surface area contributed by atoms with Crippen LogP contribution in [0.5, 0.6) is 0 Å². The van der Waals surface area contributed by atoms with E-state index in [0.717, 1.165) is 64.4 Å². The van der Waals surface area contributed by atoms with Gasteiger partial charge in [0.15, 0.2) is 0 Å². The van der Waals surface area contributed by atoms with Gasteiger partial charge in [-0.15, -0.1) is 0 Å². The van der Waals surface area contributed by atoms with E-state index < -0.39 is 0 Å². The Morgan fingerprint density at radius 3 is 2.10 bits per heavy atom. The Hall–Kier alpha value is -0.650. The molecule has 1 amide bonds. The van der Waals surface area contributed by atoms with Crippen LogP contribution in [0, 0.1) is 5.92 Å². The predicted octanol–water partition coefficient (Wildman–Crippen LogP) is 1.17. The van der Waals surface area contributed by atoms with E-state index in [9.17, 15) is 4.79 Å². The van der Waals surface area contributed by atoms with Crippen LogP contribution >= 0.6 is 0 Å². The summed E-state index contributed by atoms with van der Waals surface area (Å²) in [6.45, 7) is 4.57. The summed E-state index contributed by atoms with van der Waals surface area (Å²) in [5.74, 6) is 1.00. The Morgan fingerprint density at radius 1 is 1.00 bits per heavy atom. The van der Waals surface area contributed by atoms with Crippen LogP contribution in [0.3, 0.4) is 0 Å². The molecule has 2 aliphatic heterocycles. The van der Waals surface area contributed by atoms with Crippen LogP contribution in [0.4, 0.5) is 0 Å². The van der Waals surface area contributed by atoms with Crippen molar-refractivity contribution in [1.29, 1.82) is 0 Å². The second-order valence-electron chi connectivity index (χ2n) is 6.64. The van der Waals surface area contributed by atoms with Gasteiger partial charge in [-0.1, -0.05) is 0 Å². The van der Waals surface area contributed by atoms with Crippen molar-refractivity contribution in [3.05, 3.63) is 0 Å². The quantitative estimate of drug-likeness (QED) is 0.730. The summed E-state index contributed by atoms with van der Waals surface area (Å²) in [5.41, 5.74) is 0. The second-order valence-corrected chi connectivity index (χ2v) is 6.64. The second kappa shape index (κ2) is 7.56. The van der Waals surface area contributed by atoms with Gasteiger partial charge < -0.3 is 19.7 Å². The average molecular weight is 296 g/mol. The maximum absolute atomic E-state index is 12.5. The van der Waals surface area contributed by atoms with E-state index in [1.54, 1.807) is 0 Å². The molecule has 5 heteroatoms. The van der Waals surface area contributed by atoms with Crippen molar-refractivity contribution in [2.75, 3.05) is 39.4 Å². The van der Waals surface area contributed by atoms with Crippen molar-refractivity contribution in [2.24, 2.45) is 5.92 Å². The topological polar surface area (TPSA) is 50.8 Å². The fraction of sp³-hybridized carbons (Fsp3) is 0.938. The molecule has 0 aromatic heterocycles. The first-order chi connectivity index (χ1) is 10.3. The molecule has 2 atom stereocenters. The molecule has 1 aliphatic carbocycles. The van der Waals surface area contributed by atoms with E-state index in [2.05, 4.69) is 5.32 Å². The number of hydrogen-bond donors (Lipinski definition) is 1. The van der Waals surface area contributed by atoms with E-state index in [-0.39, 0.29) is 18.1 Å². The first kappa shape index (κ1) is 15.3. The van der Waals surface area contributed by atoms with Gasteiger partial charge in [0.25, 0.3) is 0 Å². The molecule has 5 nitrogen and oxygen atoms in total. The smallest absolute Gasteiger partial charge is 0.236 e. The average Bonchev–Trinajstić information content (AvgIpc) is 2.94. The standard InChI is InChI=1S/C16H28N2O3/c19-16(10-17-9-13-5-6-13)18(11-14-3-1-7-20-14)12-15-4-2-8-21-15/h13-15,17H,1-12H2. The molecule has 2 saturated heterocycles. The van der Waals surface area contributed by atoms with Crippen molar-refractivity contribution < 1.29 is 14.3 Å². The molecule has 2 unspecified atom stereocenters. The summed E-state index contributed by atoms with van der Waals surface area (Å²) in [4.78, 5) is 14.4. The Bertz CT molecular complexity index is 316. The van der Waals surface area contributed by atoms with Crippen LogP contribution in [0.1, 0.15) is 38.5 Å². The summed E-state index contributed by atoms with van der Waals surface area (Å²) in [6, 6.07) is 0. The third-order valence-corrected chi connectivity index (χ3v) is 4.65. The molecule has 3 rings (SSSR count). The zero-order valence-corrected chi connectivity index (χ0v) is 12.9. The van der Waals surface area contributed by atoms with Gasteiger partial charge in [0.05, 0.1) is 18.8 Å². The van der Waals surface area contributed by atoms with Gasteiger partial charge in [-0.2, -0.15) is 0 Å².